The molecule has 0 amide bonds. The predicted octanol–water partition coefficient (Wildman–Crippen LogP) is 8.90. The van der Waals surface area contributed by atoms with Crippen LogP contribution in [-0.2, 0) is 15.7 Å². The number of halogens is 2. The number of hydrogen-bond donors (Lipinski definition) is 0. The predicted molar refractivity (Wildman–Crippen MR) is 216 cm³/mol. The Hall–Kier alpha value is -5.53. The van der Waals surface area contributed by atoms with Gasteiger partial charge >= 0.3 is 258 Å². The molecule has 56 heavy (non-hydrogen) atoms. The second kappa shape index (κ2) is 15.9. The van der Waals surface area contributed by atoms with Gasteiger partial charge in [-0.3, -0.25) is 0 Å². The van der Waals surface area contributed by atoms with E-state index in [-0.39, 0.29) is 23.2 Å². The van der Waals surface area contributed by atoms with E-state index in [9.17, 15) is 9.18 Å². The molecule has 10 heteroatoms. The fourth-order valence-electron chi connectivity index (χ4n) is 8.11. The first kappa shape index (κ1) is 37.4. The van der Waals surface area contributed by atoms with E-state index in [0.717, 1.165) is 40.5 Å². The zero-order valence-corrected chi connectivity index (χ0v) is 32.6. The Morgan fingerprint density at radius 3 is 2.05 bits per heavy atom. The van der Waals surface area contributed by atoms with Crippen LogP contribution < -0.4 is 25.4 Å². The number of ether oxygens (including phenoxy) is 2. The number of carbonyl (C=O) groups excluding carboxylic acids is 1. The quantitative estimate of drug-likeness (QED) is 0.115. The molecule has 3 atom stereocenters. The molecule has 2 aromatic heterocycles. The fourth-order valence-corrected chi connectivity index (χ4v) is 11.9. The second-order valence-corrected chi connectivity index (χ2v) is 17.9. The number of aromatic nitrogens is 3. The zero-order chi connectivity index (χ0) is 38.8. The number of rotatable bonds is 12. The van der Waals surface area contributed by atoms with Gasteiger partial charge in [0, 0.05) is 11.6 Å². The van der Waals surface area contributed by atoms with E-state index in [1.807, 2.05) is 117 Å². The van der Waals surface area contributed by atoms with Crippen LogP contribution in [-0.4, -0.2) is 27.5 Å². The Kier molecular flexibility index (Phi) is 10.6. The average molecular weight is 772 g/mol. The van der Waals surface area contributed by atoms with Crippen LogP contribution in [0.25, 0.3) is 11.3 Å². The van der Waals surface area contributed by atoms with Crippen LogP contribution in [0.2, 0.25) is 0 Å². The van der Waals surface area contributed by atoms with E-state index in [1.165, 1.54) is 6.07 Å². The van der Waals surface area contributed by atoms with Crippen LogP contribution >= 0.6 is 7.49 Å². The topological polar surface area (TPSA) is 83.4 Å². The summed E-state index contributed by atoms with van der Waals surface area (Å²) in [5.41, 5.74) is 2.85. The zero-order valence-electron chi connectivity index (χ0n) is 31.6. The van der Waals surface area contributed by atoms with Gasteiger partial charge in [0.1, 0.15) is 0 Å². The minimum absolute atomic E-state index is 0.128. The molecular formula is C46H44F2N3O4P. The van der Waals surface area contributed by atoms with Crippen molar-refractivity contribution in [3.05, 3.63) is 156 Å². The van der Waals surface area contributed by atoms with E-state index >= 15 is 4.39 Å². The van der Waals surface area contributed by atoms with Gasteiger partial charge in [0.05, 0.1) is 18.5 Å². The van der Waals surface area contributed by atoms with Gasteiger partial charge in [0.2, 0.25) is 5.88 Å². The van der Waals surface area contributed by atoms with Gasteiger partial charge in [-0.2, -0.15) is 0 Å². The standard InChI is InChI=1S/C46H44F2N3O4P/c1-4-53-41-26-37(38(47)27-49-41)44-30(3)51-39(28-50-44)40-25-23-32-22-24-36(43(48)45(32)54-40)42(31-20-21-31)29(2)46(52)55-56(33-14-8-5-9-15-33,34-16-10-6-11-17-34)35-18-12-7-13-19-35/h5-19,22,24,26-29,31,40,42,56H,4,20-21,23,25H2,1-3H3/t29-,40?,42-/m0/s1. The molecule has 6 aromatic rings. The molecule has 0 radical (unpaired) electrons. The van der Waals surface area contributed by atoms with Crippen molar-refractivity contribution < 1.29 is 27.6 Å². The molecule has 1 aliphatic carbocycles. The van der Waals surface area contributed by atoms with Gasteiger partial charge in [-0.1, -0.05) is 0 Å². The molecule has 0 bridgehead atoms. The number of pyridine rings is 1. The molecule has 286 valence electrons. The van der Waals surface area contributed by atoms with E-state index in [0.29, 0.717) is 48.0 Å². The van der Waals surface area contributed by atoms with Crippen molar-refractivity contribution in [2.75, 3.05) is 6.61 Å². The molecule has 0 spiro atoms. The first-order valence-electron chi connectivity index (χ1n) is 19.3. The summed E-state index contributed by atoms with van der Waals surface area (Å²) in [5, 5.41) is 2.86. The molecule has 1 unspecified atom stereocenters. The van der Waals surface area contributed by atoms with Gasteiger partial charge in [-0.05, 0) is 13.8 Å². The average Bonchev–Trinajstić information content (AvgIpc) is 4.08. The molecule has 8 rings (SSSR count). The van der Waals surface area contributed by atoms with Gasteiger partial charge in [-0.25, -0.2) is 9.37 Å². The Labute approximate surface area is 326 Å². The summed E-state index contributed by atoms with van der Waals surface area (Å²) < 4.78 is 50.7. The Balaban J connectivity index is 1.10. The van der Waals surface area contributed by atoms with Gasteiger partial charge < -0.3 is 4.74 Å². The number of nitrogens with zero attached hydrogens (tertiary/aromatic N) is 3. The molecule has 2 aliphatic rings. The summed E-state index contributed by atoms with van der Waals surface area (Å²) in [6.07, 6.45) is 5.04. The Morgan fingerprint density at radius 1 is 0.857 bits per heavy atom. The normalized spacial score (nSPS) is 16.6. The summed E-state index contributed by atoms with van der Waals surface area (Å²) in [4.78, 5) is 28.0. The number of benzene rings is 4. The van der Waals surface area contributed by atoms with Crippen molar-refractivity contribution in [3.63, 3.8) is 0 Å². The summed E-state index contributed by atoms with van der Waals surface area (Å²) in [6, 6.07) is 35.2. The summed E-state index contributed by atoms with van der Waals surface area (Å²) in [6.45, 7) is 5.85. The molecule has 0 N–H and O–H groups in total. The third kappa shape index (κ3) is 7.16. The third-order valence-corrected chi connectivity index (χ3v) is 15.0. The first-order chi connectivity index (χ1) is 27.3. The van der Waals surface area contributed by atoms with E-state index in [2.05, 4.69) is 9.97 Å². The summed E-state index contributed by atoms with van der Waals surface area (Å²) in [5.74, 6) is -1.80. The van der Waals surface area contributed by atoms with E-state index in [1.54, 1.807) is 13.1 Å². The van der Waals surface area contributed by atoms with Crippen LogP contribution in [0.1, 0.15) is 67.6 Å². The molecular weight excluding hydrogens is 727 g/mol. The molecule has 1 saturated carbocycles. The molecule has 3 heterocycles. The maximum absolute atomic E-state index is 17.0. The molecule has 1 aliphatic heterocycles. The van der Waals surface area contributed by atoms with Gasteiger partial charge in [0.25, 0.3) is 0 Å². The Morgan fingerprint density at radius 2 is 1.48 bits per heavy atom. The van der Waals surface area contributed by atoms with Crippen LogP contribution in [0.15, 0.2) is 122 Å². The molecule has 4 aromatic carbocycles. The van der Waals surface area contributed by atoms with Crippen molar-refractivity contribution in [2.45, 2.75) is 58.5 Å². The summed E-state index contributed by atoms with van der Waals surface area (Å²) in [7, 11) is -3.35. The number of aryl methyl sites for hydroxylation is 2. The minimum atomic E-state index is -3.35. The third-order valence-electron chi connectivity index (χ3n) is 11.0. The second-order valence-electron chi connectivity index (χ2n) is 14.6. The first-order valence-corrected chi connectivity index (χ1v) is 21.2. The molecule has 7 nitrogen and oxygen atoms in total. The number of hydrogen-bond acceptors (Lipinski definition) is 7. The van der Waals surface area contributed by atoms with E-state index < -0.39 is 37.1 Å². The smallest absolute Gasteiger partial charge is 0.219 e. The van der Waals surface area contributed by atoms with Crippen LogP contribution in [0.3, 0.4) is 0 Å². The number of fused-ring (bicyclic) bond motifs is 1. The van der Waals surface area contributed by atoms with Gasteiger partial charge in [-0.15, -0.1) is 0 Å². The van der Waals surface area contributed by atoms with Crippen LogP contribution in [0.4, 0.5) is 8.78 Å². The van der Waals surface area contributed by atoms with Crippen molar-refractivity contribution in [2.24, 2.45) is 11.8 Å². The van der Waals surface area contributed by atoms with Crippen molar-refractivity contribution in [1.82, 2.24) is 15.0 Å². The summed E-state index contributed by atoms with van der Waals surface area (Å²) >= 11 is 0. The number of carbonyl (C=O) groups is 1. The minimum Gasteiger partial charge on any atom is -0.219 e. The van der Waals surface area contributed by atoms with Crippen molar-refractivity contribution >= 4 is 29.4 Å². The monoisotopic (exact) mass is 771 g/mol. The van der Waals surface area contributed by atoms with Gasteiger partial charge in [0.15, 0.2) is 5.82 Å². The van der Waals surface area contributed by atoms with Crippen molar-refractivity contribution in [1.29, 1.82) is 0 Å². The van der Waals surface area contributed by atoms with Crippen molar-refractivity contribution in [3.8, 4) is 22.9 Å². The van der Waals surface area contributed by atoms with Crippen LogP contribution in [0.5, 0.6) is 11.6 Å². The maximum atomic E-state index is 17.0. The molecule has 1 fully saturated rings. The van der Waals surface area contributed by atoms with E-state index in [4.69, 9.17) is 19.0 Å². The fraction of sp³-hybridized carbons (Fsp3) is 0.261. The molecule has 0 saturated heterocycles. The van der Waals surface area contributed by atoms with Crippen LogP contribution in [0, 0.1) is 30.4 Å². The SMILES string of the molecule is CCOc1cc(-c2ncc(C3CCc4ccc([C@H](C5CC5)[C@H](C)C(=O)O[PH](c5ccccc5)(c5ccccc5)c5ccccc5)c(F)c4O3)nc2C)c(F)cn1. The Bertz CT molecular complexity index is 2250.